The molecule has 0 N–H and O–H groups in total. The molecule has 0 fully saturated rings. The van der Waals surface area contributed by atoms with Crippen molar-refractivity contribution in [2.45, 2.75) is 45.4 Å². The predicted molar refractivity (Wildman–Crippen MR) is 205 cm³/mol. The molecule has 1 aliphatic heterocycles. The number of nitrogens with zero attached hydrogens (tertiary/aromatic N) is 2. The number of rotatable bonds is 4. The van der Waals surface area contributed by atoms with E-state index in [4.69, 9.17) is 9.47 Å². The van der Waals surface area contributed by atoms with Crippen molar-refractivity contribution in [3.05, 3.63) is 155 Å². The molecule has 0 saturated heterocycles. The van der Waals surface area contributed by atoms with E-state index in [1.807, 2.05) is 30.3 Å². The number of benzene rings is 5. The minimum Gasteiger partial charge on any atom is -0.449 e. The predicted octanol–water partition coefficient (Wildman–Crippen LogP) is 12.6. The highest BCUT2D eigenvalue weighted by Gasteiger charge is 2.38. The van der Waals surface area contributed by atoms with Gasteiger partial charge in [0.05, 0.1) is 11.2 Å². The fraction of sp³-hybridized carbons (Fsp3) is 0.174. The van der Waals surface area contributed by atoms with Gasteiger partial charge in [0.2, 0.25) is 0 Å². The highest BCUT2D eigenvalue weighted by Crippen LogP contribution is 2.55. The van der Waals surface area contributed by atoms with E-state index in [0.29, 0.717) is 17.4 Å². The minimum atomic E-state index is -0.0879. The summed E-state index contributed by atoms with van der Waals surface area (Å²) in [7, 11) is 0. The molecule has 10 rings (SSSR count). The molecule has 244 valence electrons. The molecule has 0 amide bonds. The van der Waals surface area contributed by atoms with Crippen LogP contribution in [-0.4, -0.2) is 4.57 Å². The normalized spacial score (nSPS) is 17.7. The Hall–Kier alpha value is -5.74. The first kappa shape index (κ1) is 29.2. The number of ether oxygens (including phenoxy) is 2. The van der Waals surface area contributed by atoms with Crippen molar-refractivity contribution in [1.82, 2.24) is 4.57 Å². The summed E-state index contributed by atoms with van der Waals surface area (Å²) >= 11 is 0. The first-order valence-corrected chi connectivity index (χ1v) is 17.8. The Morgan fingerprint density at radius 1 is 0.760 bits per heavy atom. The molecule has 3 aliphatic carbocycles. The van der Waals surface area contributed by atoms with Gasteiger partial charge in [-0.2, -0.15) is 0 Å². The average Bonchev–Trinajstić information content (AvgIpc) is 3.58. The highest BCUT2D eigenvalue weighted by atomic mass is 16.6. The topological polar surface area (TPSA) is 26.6 Å². The number of anilines is 3. The standard InChI is InChI=1S/C46H38N2O2/c1-29-20-23-35-36-27-31(22-25-39(36)48(41(35)26-29)30-12-5-4-6-13-30)47(40-16-11-19-44-45(40)50-43-18-10-9-17-42(43)49-44)32-21-24-34-33-14-7-8-15-37(33)46(2,3)38(34)28-32/h4-6,8-13,15-25,27-29H,7,14,26H2,1-3H3. The van der Waals surface area contributed by atoms with Crippen LogP contribution in [0.15, 0.2) is 133 Å². The van der Waals surface area contributed by atoms with Crippen molar-refractivity contribution in [3.63, 3.8) is 0 Å². The van der Waals surface area contributed by atoms with E-state index in [-0.39, 0.29) is 5.41 Å². The van der Waals surface area contributed by atoms with Gasteiger partial charge in [-0.25, -0.2) is 0 Å². The van der Waals surface area contributed by atoms with Crippen LogP contribution in [0.3, 0.4) is 0 Å². The molecule has 1 aromatic heterocycles. The van der Waals surface area contributed by atoms with Crippen molar-refractivity contribution in [3.8, 4) is 28.7 Å². The molecule has 0 bridgehead atoms. The van der Waals surface area contributed by atoms with Gasteiger partial charge in [-0.15, -0.1) is 0 Å². The van der Waals surface area contributed by atoms with Gasteiger partial charge in [-0.05, 0) is 114 Å². The summed E-state index contributed by atoms with van der Waals surface area (Å²) in [4.78, 5) is 2.36. The van der Waals surface area contributed by atoms with Gasteiger partial charge in [0, 0.05) is 39.1 Å². The summed E-state index contributed by atoms with van der Waals surface area (Å²) in [6.45, 7) is 7.04. The first-order valence-electron chi connectivity index (χ1n) is 17.8. The summed E-state index contributed by atoms with van der Waals surface area (Å²) in [5, 5.41) is 1.24. The molecule has 4 nitrogen and oxygen atoms in total. The van der Waals surface area contributed by atoms with E-state index in [9.17, 15) is 0 Å². The Morgan fingerprint density at radius 3 is 2.38 bits per heavy atom. The lowest BCUT2D eigenvalue weighted by atomic mass is 9.80. The zero-order valence-electron chi connectivity index (χ0n) is 28.6. The summed E-state index contributed by atoms with van der Waals surface area (Å²) in [5.74, 6) is 3.34. The molecule has 4 heteroatoms. The largest absolute Gasteiger partial charge is 0.449 e. The van der Waals surface area contributed by atoms with Crippen LogP contribution in [0.2, 0.25) is 0 Å². The van der Waals surface area contributed by atoms with Crippen LogP contribution in [0, 0.1) is 5.92 Å². The third kappa shape index (κ3) is 4.31. The fourth-order valence-corrected chi connectivity index (χ4v) is 8.65. The van der Waals surface area contributed by atoms with Crippen LogP contribution < -0.4 is 14.4 Å². The van der Waals surface area contributed by atoms with Crippen molar-refractivity contribution in [2.24, 2.45) is 5.92 Å². The van der Waals surface area contributed by atoms with Gasteiger partial charge < -0.3 is 18.9 Å². The van der Waals surface area contributed by atoms with Gasteiger partial charge in [0.25, 0.3) is 0 Å². The Kier molecular flexibility index (Phi) is 6.35. The van der Waals surface area contributed by atoms with Crippen molar-refractivity contribution in [1.29, 1.82) is 0 Å². The van der Waals surface area contributed by atoms with E-state index in [1.54, 1.807) is 0 Å². The molecule has 5 aromatic carbocycles. The van der Waals surface area contributed by atoms with E-state index >= 15 is 0 Å². The molecule has 1 atom stereocenters. The number of hydrogen-bond acceptors (Lipinski definition) is 3. The van der Waals surface area contributed by atoms with Gasteiger partial charge in [0.1, 0.15) is 0 Å². The molecule has 0 saturated carbocycles. The van der Waals surface area contributed by atoms with Gasteiger partial charge in [0.15, 0.2) is 23.0 Å². The van der Waals surface area contributed by atoms with Crippen LogP contribution >= 0.6 is 0 Å². The lowest BCUT2D eigenvalue weighted by molar-refractivity contribution is 0.360. The maximum atomic E-state index is 6.70. The highest BCUT2D eigenvalue weighted by molar-refractivity contribution is 5.98. The number of allylic oxidation sites excluding steroid dienone is 5. The lowest BCUT2D eigenvalue weighted by Crippen LogP contribution is -2.18. The second-order valence-corrected chi connectivity index (χ2v) is 14.6. The Bertz CT molecular complexity index is 2460. The summed E-state index contributed by atoms with van der Waals surface area (Å²) in [6.07, 6.45) is 12.6. The maximum Gasteiger partial charge on any atom is 0.194 e. The number of aromatic nitrogens is 1. The van der Waals surface area contributed by atoms with Crippen molar-refractivity contribution < 1.29 is 9.47 Å². The Balaban J connectivity index is 1.20. The monoisotopic (exact) mass is 650 g/mol. The van der Waals surface area contributed by atoms with E-state index in [1.165, 1.54) is 50.1 Å². The van der Waals surface area contributed by atoms with Gasteiger partial charge >= 0.3 is 0 Å². The Morgan fingerprint density at radius 2 is 1.52 bits per heavy atom. The van der Waals surface area contributed by atoms with Crippen LogP contribution in [-0.2, 0) is 11.8 Å². The molecule has 50 heavy (non-hydrogen) atoms. The molecular formula is C46H38N2O2. The van der Waals surface area contributed by atoms with E-state index in [2.05, 4.69) is 133 Å². The van der Waals surface area contributed by atoms with Gasteiger partial charge in [-0.1, -0.05) is 87.5 Å². The molecule has 4 aliphatic rings. The molecular weight excluding hydrogens is 613 g/mol. The average molecular weight is 651 g/mol. The van der Waals surface area contributed by atoms with E-state index < -0.39 is 0 Å². The fourth-order valence-electron chi connectivity index (χ4n) is 8.65. The first-order chi connectivity index (χ1) is 24.5. The molecule has 0 radical (unpaired) electrons. The molecule has 1 unspecified atom stereocenters. The van der Waals surface area contributed by atoms with E-state index in [0.717, 1.165) is 47.8 Å². The van der Waals surface area contributed by atoms with Crippen LogP contribution in [0.1, 0.15) is 56.0 Å². The van der Waals surface area contributed by atoms with Crippen molar-refractivity contribution >= 4 is 39.6 Å². The van der Waals surface area contributed by atoms with Gasteiger partial charge in [-0.3, -0.25) is 0 Å². The second kappa shape index (κ2) is 10.9. The number of fused-ring (bicyclic) bond motifs is 7. The number of hydrogen-bond donors (Lipinski definition) is 0. The lowest BCUT2D eigenvalue weighted by Gasteiger charge is -2.31. The molecule has 6 aromatic rings. The maximum absolute atomic E-state index is 6.70. The Labute approximate surface area is 293 Å². The zero-order valence-corrected chi connectivity index (χ0v) is 28.6. The summed E-state index contributed by atoms with van der Waals surface area (Å²) < 4.78 is 15.6. The second-order valence-electron chi connectivity index (χ2n) is 14.6. The minimum absolute atomic E-state index is 0.0879. The third-order valence-corrected chi connectivity index (χ3v) is 11.1. The third-order valence-electron chi connectivity index (χ3n) is 11.1. The summed E-state index contributed by atoms with van der Waals surface area (Å²) in [5.41, 5.74) is 13.8. The molecule has 0 spiro atoms. The SMILES string of the molecule is CC1C=Cc2c(n(-c3ccccc3)c3ccc(N(c4ccc5c(c4)C(C)(C)C4=C5CCC=C4)c4cccc5c4Oc4ccccc4O5)cc23)C1. The number of para-hydroxylation sites is 4. The zero-order chi connectivity index (χ0) is 33.6. The van der Waals surface area contributed by atoms with Crippen LogP contribution in [0.25, 0.3) is 28.2 Å². The van der Waals surface area contributed by atoms with Crippen LogP contribution in [0.4, 0.5) is 17.1 Å². The van der Waals surface area contributed by atoms with Crippen molar-refractivity contribution in [2.75, 3.05) is 4.90 Å². The molecule has 2 heterocycles. The quantitative estimate of drug-likeness (QED) is 0.190. The van der Waals surface area contributed by atoms with Crippen LogP contribution in [0.5, 0.6) is 23.0 Å². The smallest absolute Gasteiger partial charge is 0.194 e. The summed E-state index contributed by atoms with van der Waals surface area (Å²) in [6, 6.07) is 38.9.